The van der Waals surface area contributed by atoms with E-state index >= 15 is 0 Å². The van der Waals surface area contributed by atoms with E-state index in [1.165, 1.54) is 17.7 Å². The van der Waals surface area contributed by atoms with E-state index in [0.29, 0.717) is 30.9 Å². The van der Waals surface area contributed by atoms with Crippen LogP contribution in [0.3, 0.4) is 0 Å². The van der Waals surface area contributed by atoms with Crippen molar-refractivity contribution in [1.82, 2.24) is 4.90 Å². The minimum Gasteiger partial charge on any atom is -0.493 e. The molecule has 1 aliphatic rings. The average Bonchev–Trinajstić information content (AvgIpc) is 2.69. The van der Waals surface area contributed by atoms with Crippen LogP contribution in [-0.2, 0) is 0 Å². The first-order valence-electron chi connectivity index (χ1n) is 8.92. The summed E-state index contributed by atoms with van der Waals surface area (Å²) in [5.41, 5.74) is 7.82. The Labute approximate surface area is 157 Å². The van der Waals surface area contributed by atoms with Gasteiger partial charge in [-0.15, -0.1) is 0 Å². The number of ether oxygens (including phenoxy) is 1. The third-order valence-electron chi connectivity index (χ3n) is 4.66. The van der Waals surface area contributed by atoms with E-state index < -0.39 is 12.1 Å². The van der Waals surface area contributed by atoms with Crippen LogP contribution in [0.25, 0.3) is 5.57 Å². The fraction of sp³-hybridized carbons (Fsp3) is 0.286. The summed E-state index contributed by atoms with van der Waals surface area (Å²) in [6.45, 7) is 1.74. The van der Waals surface area contributed by atoms with Gasteiger partial charge in [0.05, 0.1) is 6.61 Å². The minimum absolute atomic E-state index is 0.239. The lowest BCUT2D eigenvalue weighted by atomic mass is 9.99. The molecule has 1 heterocycles. The van der Waals surface area contributed by atoms with E-state index in [1.807, 2.05) is 4.90 Å². The lowest BCUT2D eigenvalue weighted by molar-refractivity contribution is -0.00385. The van der Waals surface area contributed by atoms with Gasteiger partial charge in [-0.3, -0.25) is 9.69 Å². The molecule has 142 valence electrons. The Bertz CT molecular complexity index is 803. The zero-order valence-electron chi connectivity index (χ0n) is 15.0. The van der Waals surface area contributed by atoms with E-state index in [4.69, 9.17) is 10.5 Å². The van der Waals surface area contributed by atoms with Gasteiger partial charge in [0, 0.05) is 25.1 Å². The Balaban J connectivity index is 1.45. The van der Waals surface area contributed by atoms with E-state index in [1.54, 1.807) is 36.4 Å². The van der Waals surface area contributed by atoms with Crippen LogP contribution in [0.2, 0.25) is 0 Å². The number of nitrogens with zero attached hydrogens (tertiary/aromatic N) is 1. The maximum Gasteiger partial charge on any atom is 0.248 e. The maximum atomic E-state index is 13.0. The molecule has 3 rings (SSSR count). The number of rotatable bonds is 7. The molecule has 2 aromatic carbocycles. The van der Waals surface area contributed by atoms with E-state index in [9.17, 15) is 14.3 Å². The second-order valence-corrected chi connectivity index (χ2v) is 6.49. The van der Waals surface area contributed by atoms with E-state index in [0.717, 1.165) is 18.5 Å². The van der Waals surface area contributed by atoms with Crippen LogP contribution >= 0.6 is 0 Å². The Morgan fingerprint density at radius 1 is 1.19 bits per heavy atom. The second kappa shape index (κ2) is 8.79. The van der Waals surface area contributed by atoms with Gasteiger partial charge in [-0.1, -0.05) is 18.2 Å². The van der Waals surface area contributed by atoms with Gasteiger partial charge in [0.1, 0.15) is 17.8 Å². The molecule has 1 amide bonds. The molecule has 0 spiro atoms. The predicted molar refractivity (Wildman–Crippen MR) is 102 cm³/mol. The zero-order valence-corrected chi connectivity index (χ0v) is 15.0. The molecule has 0 aliphatic carbocycles. The number of halogens is 1. The number of amides is 1. The Morgan fingerprint density at radius 2 is 1.89 bits per heavy atom. The molecule has 5 nitrogen and oxygen atoms in total. The molecule has 0 aromatic heterocycles. The van der Waals surface area contributed by atoms with Crippen LogP contribution in [0.1, 0.15) is 28.8 Å². The van der Waals surface area contributed by atoms with Gasteiger partial charge < -0.3 is 15.6 Å². The molecular formula is C21H23FN2O3. The molecule has 0 bridgehead atoms. The SMILES string of the molecule is NC(=O)c1ccc(OCC[C@@H](O)N2CC=C(c3ccc(F)cc3)CC2)cc1. The number of aliphatic hydroxyl groups excluding tert-OH is 1. The fourth-order valence-corrected chi connectivity index (χ4v) is 3.06. The molecule has 1 aliphatic heterocycles. The number of benzene rings is 2. The Kier molecular flexibility index (Phi) is 6.21. The predicted octanol–water partition coefficient (Wildman–Crippen LogP) is 2.80. The number of carbonyl (C=O) groups is 1. The van der Waals surface area contributed by atoms with Crippen molar-refractivity contribution in [3.05, 3.63) is 71.6 Å². The van der Waals surface area contributed by atoms with Crippen LogP contribution in [0, 0.1) is 5.82 Å². The minimum atomic E-state index is -0.596. The molecule has 0 unspecified atom stereocenters. The summed E-state index contributed by atoms with van der Waals surface area (Å²) in [6, 6.07) is 13.1. The number of hydrogen-bond acceptors (Lipinski definition) is 4. The summed E-state index contributed by atoms with van der Waals surface area (Å²) in [4.78, 5) is 13.0. The van der Waals surface area contributed by atoms with Gasteiger partial charge in [-0.05, 0) is 54.0 Å². The molecule has 0 saturated carbocycles. The van der Waals surface area contributed by atoms with Crippen molar-refractivity contribution in [2.45, 2.75) is 19.1 Å². The van der Waals surface area contributed by atoms with Gasteiger partial charge in [0.2, 0.25) is 5.91 Å². The summed E-state index contributed by atoms with van der Waals surface area (Å²) in [5.74, 6) is -0.0871. The number of aliphatic hydroxyl groups is 1. The molecule has 0 fully saturated rings. The van der Waals surface area contributed by atoms with Crippen molar-refractivity contribution in [3.8, 4) is 5.75 Å². The number of carbonyl (C=O) groups excluding carboxylic acids is 1. The van der Waals surface area contributed by atoms with Crippen molar-refractivity contribution in [1.29, 1.82) is 0 Å². The summed E-state index contributed by atoms with van der Waals surface area (Å²) >= 11 is 0. The average molecular weight is 370 g/mol. The molecule has 27 heavy (non-hydrogen) atoms. The highest BCUT2D eigenvalue weighted by Gasteiger charge is 2.19. The van der Waals surface area contributed by atoms with Crippen molar-refractivity contribution >= 4 is 11.5 Å². The van der Waals surface area contributed by atoms with Crippen molar-refractivity contribution in [2.75, 3.05) is 19.7 Å². The summed E-state index contributed by atoms with van der Waals surface area (Å²) in [7, 11) is 0. The van der Waals surface area contributed by atoms with Gasteiger partial charge in [0.25, 0.3) is 0 Å². The van der Waals surface area contributed by atoms with Gasteiger partial charge in [-0.25, -0.2) is 4.39 Å². The third kappa shape index (κ3) is 5.15. The highest BCUT2D eigenvalue weighted by Crippen LogP contribution is 2.23. The topological polar surface area (TPSA) is 75.8 Å². The quantitative estimate of drug-likeness (QED) is 0.786. The summed E-state index contributed by atoms with van der Waals surface area (Å²) in [5, 5.41) is 10.4. The molecule has 2 aromatic rings. The number of hydrogen-bond donors (Lipinski definition) is 2. The molecule has 6 heteroatoms. The van der Waals surface area contributed by atoms with Crippen molar-refractivity contribution < 1.29 is 19.0 Å². The summed E-state index contributed by atoms with van der Waals surface area (Å²) in [6.07, 6.45) is 2.75. The smallest absolute Gasteiger partial charge is 0.248 e. The van der Waals surface area contributed by atoms with E-state index in [-0.39, 0.29) is 5.82 Å². The lowest BCUT2D eigenvalue weighted by Gasteiger charge is -2.30. The van der Waals surface area contributed by atoms with Gasteiger partial charge in [-0.2, -0.15) is 0 Å². The molecule has 0 radical (unpaired) electrons. The molecule has 3 N–H and O–H groups in total. The highest BCUT2D eigenvalue weighted by atomic mass is 19.1. The third-order valence-corrected chi connectivity index (χ3v) is 4.66. The largest absolute Gasteiger partial charge is 0.493 e. The first-order valence-corrected chi connectivity index (χ1v) is 8.92. The van der Waals surface area contributed by atoms with Crippen LogP contribution in [0.5, 0.6) is 5.75 Å². The van der Waals surface area contributed by atoms with Crippen LogP contribution in [-0.4, -0.2) is 41.8 Å². The first-order chi connectivity index (χ1) is 13.0. The lowest BCUT2D eigenvalue weighted by Crippen LogP contribution is -2.39. The molecule has 1 atom stereocenters. The van der Waals surface area contributed by atoms with Crippen LogP contribution in [0.4, 0.5) is 4.39 Å². The Morgan fingerprint density at radius 3 is 2.48 bits per heavy atom. The van der Waals surface area contributed by atoms with Crippen LogP contribution in [0.15, 0.2) is 54.6 Å². The number of nitrogens with two attached hydrogens (primary N) is 1. The zero-order chi connectivity index (χ0) is 19.2. The van der Waals surface area contributed by atoms with E-state index in [2.05, 4.69) is 6.08 Å². The monoisotopic (exact) mass is 370 g/mol. The normalized spacial score (nSPS) is 15.9. The molecule has 0 saturated heterocycles. The van der Waals surface area contributed by atoms with Gasteiger partial charge >= 0.3 is 0 Å². The van der Waals surface area contributed by atoms with Crippen molar-refractivity contribution in [3.63, 3.8) is 0 Å². The standard InChI is InChI=1S/C21H23FN2O3/c22-18-5-1-15(2-6-18)16-9-12-24(13-10-16)20(25)11-14-27-19-7-3-17(4-8-19)21(23)26/h1-9,20,25H,10-14H2,(H2,23,26)/t20-/m1/s1. The second-order valence-electron chi connectivity index (χ2n) is 6.49. The fourth-order valence-electron chi connectivity index (χ4n) is 3.06. The van der Waals surface area contributed by atoms with Gasteiger partial charge in [0.15, 0.2) is 0 Å². The summed E-state index contributed by atoms with van der Waals surface area (Å²) < 4.78 is 18.6. The first kappa shape index (κ1) is 19.1. The van der Waals surface area contributed by atoms with Crippen LogP contribution < -0.4 is 10.5 Å². The van der Waals surface area contributed by atoms with Crippen molar-refractivity contribution in [2.24, 2.45) is 5.73 Å². The Hall–Kier alpha value is -2.70. The maximum absolute atomic E-state index is 13.0. The highest BCUT2D eigenvalue weighted by molar-refractivity contribution is 5.92. The number of primary amides is 1. The molecular weight excluding hydrogens is 347 g/mol.